The quantitative estimate of drug-likeness (QED) is 0.877. The molecule has 0 saturated heterocycles. The van der Waals surface area contributed by atoms with Gasteiger partial charge in [-0.25, -0.2) is 0 Å². The molecule has 90 valence electrons. The molecule has 2 N–H and O–H groups in total. The van der Waals surface area contributed by atoms with Gasteiger partial charge < -0.3 is 10.6 Å². The maximum atomic E-state index is 12.4. The van der Waals surface area contributed by atoms with Crippen LogP contribution in [0.4, 0.5) is 18.9 Å². The van der Waals surface area contributed by atoms with Crippen molar-refractivity contribution >= 4 is 17.3 Å². The summed E-state index contributed by atoms with van der Waals surface area (Å²) < 4.78 is 37.1. The van der Waals surface area contributed by atoms with Crippen LogP contribution in [0, 0.1) is 0 Å². The predicted molar refractivity (Wildman–Crippen MR) is 58.8 cm³/mol. The fraction of sp³-hybridized carbons (Fsp3) is 0.400. The highest BCUT2D eigenvalue weighted by Crippen LogP contribution is 2.35. The molecule has 2 nitrogen and oxygen atoms in total. The Balaban J connectivity index is 3.09. The number of nitrogens with two attached hydrogens (primary N) is 1. The minimum atomic E-state index is -4.48. The average Bonchev–Trinajstić information content (AvgIpc) is 2.15. The van der Waals surface area contributed by atoms with Crippen molar-refractivity contribution in [2.75, 3.05) is 19.0 Å². The Hall–Kier alpha value is -0.940. The molecule has 0 amide bonds. The van der Waals surface area contributed by atoms with Crippen molar-refractivity contribution in [1.29, 1.82) is 0 Å². The highest BCUT2D eigenvalue weighted by atomic mass is 35.5. The molecule has 1 rings (SSSR count). The summed E-state index contributed by atoms with van der Waals surface area (Å²) in [5.41, 5.74) is 5.69. The van der Waals surface area contributed by atoms with Gasteiger partial charge in [-0.2, -0.15) is 13.2 Å². The smallest absolute Gasteiger partial charge is 0.378 e. The Bertz CT molecular complexity index is 377. The van der Waals surface area contributed by atoms with Gasteiger partial charge >= 0.3 is 6.18 Å². The van der Waals surface area contributed by atoms with Crippen LogP contribution in [0.15, 0.2) is 18.2 Å². The van der Waals surface area contributed by atoms with Crippen molar-refractivity contribution in [3.63, 3.8) is 0 Å². The zero-order valence-corrected chi connectivity index (χ0v) is 9.60. The number of rotatable bonds is 2. The van der Waals surface area contributed by atoms with E-state index in [9.17, 15) is 13.2 Å². The summed E-state index contributed by atoms with van der Waals surface area (Å²) in [7, 11) is 3.55. The lowest BCUT2D eigenvalue weighted by atomic mass is 10.1. The fourth-order valence-electron chi connectivity index (χ4n) is 1.22. The van der Waals surface area contributed by atoms with Crippen LogP contribution in [0.5, 0.6) is 0 Å². The van der Waals surface area contributed by atoms with Gasteiger partial charge in [-0.1, -0.05) is 17.7 Å². The van der Waals surface area contributed by atoms with Crippen molar-refractivity contribution in [2.24, 2.45) is 5.73 Å². The van der Waals surface area contributed by atoms with Crippen LogP contribution >= 0.6 is 11.6 Å². The maximum absolute atomic E-state index is 12.4. The molecule has 6 heteroatoms. The Morgan fingerprint density at radius 1 is 1.31 bits per heavy atom. The number of hydrogen-bond donors (Lipinski definition) is 1. The molecule has 0 fully saturated rings. The lowest BCUT2D eigenvalue weighted by molar-refractivity contribution is -0.149. The van der Waals surface area contributed by atoms with Crippen molar-refractivity contribution in [3.05, 3.63) is 28.8 Å². The van der Waals surface area contributed by atoms with E-state index in [-0.39, 0.29) is 10.6 Å². The van der Waals surface area contributed by atoms with Gasteiger partial charge in [0.25, 0.3) is 0 Å². The van der Waals surface area contributed by atoms with Crippen LogP contribution in [0.3, 0.4) is 0 Å². The van der Waals surface area contributed by atoms with Crippen molar-refractivity contribution in [2.45, 2.75) is 12.2 Å². The van der Waals surface area contributed by atoms with Gasteiger partial charge in [0, 0.05) is 24.8 Å². The first-order chi connectivity index (χ1) is 7.23. The van der Waals surface area contributed by atoms with E-state index in [1.54, 1.807) is 25.1 Å². The van der Waals surface area contributed by atoms with Gasteiger partial charge in [-0.3, -0.25) is 0 Å². The Morgan fingerprint density at radius 2 is 1.88 bits per heavy atom. The van der Waals surface area contributed by atoms with Crippen LogP contribution in [-0.2, 0) is 0 Å². The summed E-state index contributed by atoms with van der Waals surface area (Å²) >= 11 is 5.77. The number of alkyl halides is 3. The SMILES string of the molecule is CN(C)c1ccc([C@@H](N)C(F)(F)F)c(Cl)c1. The fourth-order valence-corrected chi connectivity index (χ4v) is 1.52. The molecule has 0 saturated carbocycles. The number of hydrogen-bond acceptors (Lipinski definition) is 2. The third-order valence-corrected chi connectivity index (χ3v) is 2.52. The Labute approximate surface area is 96.8 Å². The molecule has 16 heavy (non-hydrogen) atoms. The monoisotopic (exact) mass is 252 g/mol. The largest absolute Gasteiger partial charge is 0.407 e. The van der Waals surface area contributed by atoms with E-state index in [0.29, 0.717) is 0 Å². The number of benzene rings is 1. The molecular weight excluding hydrogens is 241 g/mol. The number of nitrogens with zero attached hydrogens (tertiary/aromatic N) is 1. The van der Waals surface area contributed by atoms with E-state index in [4.69, 9.17) is 17.3 Å². The van der Waals surface area contributed by atoms with E-state index >= 15 is 0 Å². The van der Waals surface area contributed by atoms with Crippen LogP contribution in [0.1, 0.15) is 11.6 Å². The van der Waals surface area contributed by atoms with E-state index < -0.39 is 12.2 Å². The topological polar surface area (TPSA) is 29.3 Å². The zero-order chi connectivity index (χ0) is 12.5. The molecular formula is C10H12ClF3N2. The van der Waals surface area contributed by atoms with Gasteiger partial charge in [0.1, 0.15) is 6.04 Å². The standard InChI is InChI=1S/C10H12ClF3N2/c1-16(2)6-3-4-7(8(11)5-6)9(15)10(12,13)14/h3-5,9H,15H2,1-2H3/t9-/m1/s1. The van der Waals surface area contributed by atoms with Crippen molar-refractivity contribution in [1.82, 2.24) is 0 Å². The van der Waals surface area contributed by atoms with Gasteiger partial charge in [0.2, 0.25) is 0 Å². The molecule has 0 aliphatic heterocycles. The molecule has 0 unspecified atom stereocenters. The second-order valence-corrected chi connectivity index (χ2v) is 4.03. The molecule has 0 heterocycles. The molecule has 0 spiro atoms. The minimum absolute atomic E-state index is 0.0241. The first-order valence-corrected chi connectivity index (χ1v) is 4.90. The van der Waals surface area contributed by atoms with E-state index in [0.717, 1.165) is 5.69 Å². The van der Waals surface area contributed by atoms with Gasteiger partial charge in [0.15, 0.2) is 0 Å². The van der Waals surface area contributed by atoms with Crippen LogP contribution < -0.4 is 10.6 Å². The normalized spacial score (nSPS) is 13.7. The Kier molecular flexibility index (Phi) is 3.70. The third kappa shape index (κ3) is 2.80. The first kappa shape index (κ1) is 13.1. The molecule has 0 bridgehead atoms. The van der Waals surface area contributed by atoms with Crippen molar-refractivity contribution < 1.29 is 13.2 Å². The predicted octanol–water partition coefficient (Wildman–Crippen LogP) is 2.97. The summed E-state index contributed by atoms with van der Waals surface area (Å²) in [6.45, 7) is 0. The minimum Gasteiger partial charge on any atom is -0.378 e. The lowest BCUT2D eigenvalue weighted by Gasteiger charge is -2.19. The van der Waals surface area contributed by atoms with Gasteiger partial charge in [-0.15, -0.1) is 0 Å². The average molecular weight is 253 g/mol. The second kappa shape index (κ2) is 4.51. The summed E-state index contributed by atoms with van der Waals surface area (Å²) in [6, 6.07) is 2.27. The summed E-state index contributed by atoms with van der Waals surface area (Å²) in [4.78, 5) is 1.74. The Morgan fingerprint density at radius 3 is 2.25 bits per heavy atom. The molecule has 1 atom stereocenters. The van der Waals surface area contributed by atoms with Gasteiger partial charge in [0.05, 0.1) is 0 Å². The highest BCUT2D eigenvalue weighted by Gasteiger charge is 2.38. The summed E-state index contributed by atoms with van der Waals surface area (Å²) in [5.74, 6) is 0. The third-order valence-electron chi connectivity index (χ3n) is 2.19. The van der Waals surface area contributed by atoms with Gasteiger partial charge in [-0.05, 0) is 17.7 Å². The first-order valence-electron chi connectivity index (χ1n) is 4.52. The lowest BCUT2D eigenvalue weighted by Crippen LogP contribution is -2.28. The van der Waals surface area contributed by atoms with E-state index in [2.05, 4.69) is 0 Å². The van der Waals surface area contributed by atoms with Crippen LogP contribution in [0.2, 0.25) is 5.02 Å². The zero-order valence-electron chi connectivity index (χ0n) is 8.85. The highest BCUT2D eigenvalue weighted by molar-refractivity contribution is 6.31. The molecule has 0 aliphatic carbocycles. The van der Waals surface area contributed by atoms with E-state index in [1.165, 1.54) is 12.1 Å². The van der Waals surface area contributed by atoms with Crippen LogP contribution in [-0.4, -0.2) is 20.3 Å². The molecule has 0 aliphatic rings. The maximum Gasteiger partial charge on any atom is 0.407 e. The number of halogens is 4. The summed E-state index contributed by atoms with van der Waals surface area (Å²) in [6.07, 6.45) is -4.48. The second-order valence-electron chi connectivity index (χ2n) is 3.62. The molecule has 0 radical (unpaired) electrons. The molecule has 1 aromatic carbocycles. The summed E-state index contributed by atoms with van der Waals surface area (Å²) in [5, 5.41) is 0.0241. The van der Waals surface area contributed by atoms with Crippen molar-refractivity contribution in [3.8, 4) is 0 Å². The molecule has 1 aromatic rings. The van der Waals surface area contributed by atoms with E-state index in [1.807, 2.05) is 0 Å². The molecule has 0 aromatic heterocycles. The number of anilines is 1. The van der Waals surface area contributed by atoms with Crippen LogP contribution in [0.25, 0.3) is 0 Å².